The van der Waals surface area contributed by atoms with Crippen molar-refractivity contribution < 1.29 is 4.79 Å². The number of aromatic nitrogens is 5. The van der Waals surface area contributed by atoms with Crippen LogP contribution in [-0.4, -0.2) is 41.9 Å². The van der Waals surface area contributed by atoms with Crippen LogP contribution in [0.2, 0.25) is 0 Å². The van der Waals surface area contributed by atoms with Crippen molar-refractivity contribution >= 4 is 5.91 Å². The van der Waals surface area contributed by atoms with Gasteiger partial charge in [-0.2, -0.15) is 0 Å². The van der Waals surface area contributed by atoms with Gasteiger partial charge in [-0.05, 0) is 25.0 Å². The summed E-state index contributed by atoms with van der Waals surface area (Å²) in [6.07, 6.45) is 13.7. The number of nitrogens with zero attached hydrogens (tertiary/aromatic N) is 6. The Morgan fingerprint density at radius 3 is 2.75 bits per heavy atom. The average Bonchev–Trinajstić information content (AvgIpc) is 3.34. The molecule has 0 aliphatic carbocycles. The molecule has 24 heavy (non-hydrogen) atoms. The molecular weight excluding hydrogens is 304 g/mol. The molecule has 1 saturated heterocycles. The van der Waals surface area contributed by atoms with Gasteiger partial charge in [-0.25, -0.2) is 9.97 Å². The van der Waals surface area contributed by atoms with Crippen molar-refractivity contribution in [2.45, 2.75) is 18.9 Å². The van der Waals surface area contributed by atoms with Gasteiger partial charge in [0, 0.05) is 37.5 Å². The van der Waals surface area contributed by atoms with E-state index in [0.717, 1.165) is 30.9 Å². The van der Waals surface area contributed by atoms with Crippen LogP contribution in [0.5, 0.6) is 0 Å². The van der Waals surface area contributed by atoms with E-state index in [9.17, 15) is 4.79 Å². The van der Waals surface area contributed by atoms with Crippen LogP contribution in [0.25, 0.3) is 5.82 Å². The number of carbonyl (C=O) groups excluding carboxylic acids is 1. The smallest absolute Gasteiger partial charge is 0.255 e. The molecule has 1 fully saturated rings. The number of hydrogen-bond donors (Lipinski definition) is 0. The van der Waals surface area contributed by atoms with E-state index >= 15 is 0 Å². The van der Waals surface area contributed by atoms with Crippen molar-refractivity contribution in [3.63, 3.8) is 0 Å². The summed E-state index contributed by atoms with van der Waals surface area (Å²) in [5.41, 5.74) is 1.42. The molecule has 1 atom stereocenters. The lowest BCUT2D eigenvalue weighted by atomic mass is 10.1. The molecule has 0 spiro atoms. The van der Waals surface area contributed by atoms with E-state index in [2.05, 4.69) is 19.9 Å². The molecular formula is C17H16N6O. The zero-order valence-corrected chi connectivity index (χ0v) is 13.0. The molecule has 4 heterocycles. The van der Waals surface area contributed by atoms with Crippen molar-refractivity contribution in [2.24, 2.45) is 0 Å². The second kappa shape index (κ2) is 6.19. The first-order valence-electron chi connectivity index (χ1n) is 7.84. The van der Waals surface area contributed by atoms with Crippen LogP contribution in [0.3, 0.4) is 0 Å². The molecule has 1 aliphatic heterocycles. The van der Waals surface area contributed by atoms with E-state index in [0.29, 0.717) is 5.56 Å². The third-order valence-electron chi connectivity index (χ3n) is 4.20. The van der Waals surface area contributed by atoms with Gasteiger partial charge < -0.3 is 4.90 Å². The maximum atomic E-state index is 12.8. The molecule has 0 saturated carbocycles. The number of amides is 1. The van der Waals surface area contributed by atoms with Gasteiger partial charge in [-0.1, -0.05) is 0 Å². The molecule has 3 aromatic rings. The molecule has 1 amide bonds. The molecule has 0 bridgehead atoms. The normalized spacial score (nSPS) is 17.2. The Hall–Kier alpha value is -3.09. The van der Waals surface area contributed by atoms with Crippen LogP contribution < -0.4 is 0 Å². The molecule has 0 aromatic carbocycles. The fourth-order valence-electron chi connectivity index (χ4n) is 3.03. The Labute approximate surface area is 139 Å². The largest absolute Gasteiger partial charge is 0.330 e. The van der Waals surface area contributed by atoms with Crippen LogP contribution in [0.1, 0.15) is 34.9 Å². The summed E-state index contributed by atoms with van der Waals surface area (Å²) in [6, 6.07) is 3.61. The molecule has 7 heteroatoms. The highest BCUT2D eigenvalue weighted by atomic mass is 16.2. The maximum Gasteiger partial charge on any atom is 0.255 e. The van der Waals surface area contributed by atoms with Crippen molar-refractivity contribution in [1.82, 2.24) is 29.4 Å². The third kappa shape index (κ3) is 2.64. The first-order chi connectivity index (χ1) is 11.8. The van der Waals surface area contributed by atoms with Gasteiger partial charge in [0.2, 0.25) is 0 Å². The fourth-order valence-corrected chi connectivity index (χ4v) is 3.03. The van der Waals surface area contributed by atoms with Crippen molar-refractivity contribution in [3.05, 3.63) is 66.9 Å². The quantitative estimate of drug-likeness (QED) is 0.738. The molecule has 7 nitrogen and oxygen atoms in total. The monoisotopic (exact) mass is 320 g/mol. The van der Waals surface area contributed by atoms with Gasteiger partial charge in [-0.15, -0.1) is 0 Å². The Balaban J connectivity index is 1.56. The minimum absolute atomic E-state index is 0.0143. The standard InChI is InChI=1S/C17H16N6O/c24-17(13-3-4-16(21-10-13)22-9-7-19-12-22)23-8-1-2-15(23)14-11-18-5-6-20-14/h3-7,9-12,15H,1-2,8H2/t15-/m1/s1. The Morgan fingerprint density at radius 2 is 2.04 bits per heavy atom. The second-order valence-electron chi connectivity index (χ2n) is 5.66. The molecule has 0 unspecified atom stereocenters. The van der Waals surface area contributed by atoms with Gasteiger partial charge in [0.25, 0.3) is 5.91 Å². The van der Waals surface area contributed by atoms with Crippen LogP contribution in [-0.2, 0) is 0 Å². The SMILES string of the molecule is O=C(c1ccc(-n2ccnc2)nc1)N1CCC[C@@H]1c1cnccn1. The Kier molecular flexibility index (Phi) is 3.74. The topological polar surface area (TPSA) is 76.8 Å². The van der Waals surface area contributed by atoms with E-state index < -0.39 is 0 Å². The molecule has 120 valence electrons. The number of imidazole rings is 1. The van der Waals surface area contributed by atoms with E-state index in [1.807, 2.05) is 17.2 Å². The van der Waals surface area contributed by atoms with Gasteiger partial charge in [0.15, 0.2) is 0 Å². The summed E-state index contributed by atoms with van der Waals surface area (Å²) in [5, 5.41) is 0. The highest BCUT2D eigenvalue weighted by Crippen LogP contribution is 2.31. The van der Waals surface area contributed by atoms with Crippen LogP contribution >= 0.6 is 0 Å². The number of pyridine rings is 1. The summed E-state index contributed by atoms with van der Waals surface area (Å²) in [5.74, 6) is 0.712. The lowest BCUT2D eigenvalue weighted by Gasteiger charge is -2.24. The molecule has 4 rings (SSSR count). The molecule has 0 radical (unpaired) electrons. The first-order valence-corrected chi connectivity index (χ1v) is 7.84. The van der Waals surface area contributed by atoms with Crippen molar-refractivity contribution in [3.8, 4) is 5.82 Å². The lowest BCUT2D eigenvalue weighted by Crippen LogP contribution is -2.31. The molecule has 1 aliphatic rings. The highest BCUT2D eigenvalue weighted by Gasteiger charge is 2.31. The van der Waals surface area contributed by atoms with E-state index in [1.54, 1.807) is 47.9 Å². The number of hydrogen-bond acceptors (Lipinski definition) is 5. The first kappa shape index (κ1) is 14.5. The van der Waals surface area contributed by atoms with Crippen molar-refractivity contribution in [1.29, 1.82) is 0 Å². The zero-order chi connectivity index (χ0) is 16.4. The van der Waals surface area contributed by atoms with E-state index in [1.165, 1.54) is 0 Å². The van der Waals surface area contributed by atoms with Crippen molar-refractivity contribution in [2.75, 3.05) is 6.54 Å². The summed E-state index contributed by atoms with van der Waals surface area (Å²) in [4.78, 5) is 31.5. The summed E-state index contributed by atoms with van der Waals surface area (Å²) in [7, 11) is 0. The summed E-state index contributed by atoms with van der Waals surface area (Å²) >= 11 is 0. The lowest BCUT2D eigenvalue weighted by molar-refractivity contribution is 0.0732. The Bertz CT molecular complexity index is 816. The van der Waals surface area contributed by atoms with Crippen LogP contribution in [0.4, 0.5) is 0 Å². The average molecular weight is 320 g/mol. The van der Waals surface area contributed by atoms with Gasteiger partial charge >= 0.3 is 0 Å². The summed E-state index contributed by atoms with van der Waals surface area (Å²) in [6.45, 7) is 0.726. The minimum atomic E-state index is -0.0205. The summed E-state index contributed by atoms with van der Waals surface area (Å²) < 4.78 is 1.80. The van der Waals surface area contributed by atoms with Gasteiger partial charge in [0.05, 0.1) is 23.5 Å². The zero-order valence-electron chi connectivity index (χ0n) is 13.0. The molecule has 0 N–H and O–H groups in total. The van der Waals surface area contributed by atoms with Gasteiger partial charge in [0.1, 0.15) is 12.1 Å². The maximum absolute atomic E-state index is 12.8. The number of likely N-dealkylation sites (tertiary alicyclic amines) is 1. The highest BCUT2D eigenvalue weighted by molar-refractivity contribution is 5.94. The molecule has 3 aromatic heterocycles. The fraction of sp³-hybridized carbons (Fsp3) is 0.235. The third-order valence-corrected chi connectivity index (χ3v) is 4.20. The predicted octanol–water partition coefficient (Wildman–Crippen LogP) is 2.03. The number of rotatable bonds is 3. The van der Waals surface area contributed by atoms with Crippen LogP contribution in [0.15, 0.2) is 55.6 Å². The minimum Gasteiger partial charge on any atom is -0.330 e. The Morgan fingerprint density at radius 1 is 1.08 bits per heavy atom. The van der Waals surface area contributed by atoms with Gasteiger partial charge in [-0.3, -0.25) is 19.3 Å². The van der Waals surface area contributed by atoms with Crippen LogP contribution in [0, 0.1) is 0 Å². The van der Waals surface area contributed by atoms with E-state index in [4.69, 9.17) is 0 Å². The second-order valence-corrected chi connectivity index (χ2v) is 5.66. The number of carbonyl (C=O) groups is 1. The predicted molar refractivity (Wildman–Crippen MR) is 86.4 cm³/mol. The van der Waals surface area contributed by atoms with E-state index in [-0.39, 0.29) is 11.9 Å².